The smallest absolute Gasteiger partial charge is 0.105 e. The number of nitrogens with two attached hydrogens (primary N) is 1. The van der Waals surface area contributed by atoms with Crippen LogP contribution in [0.4, 0.5) is 0 Å². The van der Waals surface area contributed by atoms with Crippen molar-refractivity contribution in [1.82, 2.24) is 9.55 Å². The van der Waals surface area contributed by atoms with Crippen LogP contribution in [-0.2, 0) is 6.54 Å². The third kappa shape index (κ3) is 3.07. The molecule has 0 saturated carbocycles. The van der Waals surface area contributed by atoms with Crippen molar-refractivity contribution in [2.45, 2.75) is 45.2 Å². The molecule has 0 fully saturated rings. The quantitative estimate of drug-likeness (QED) is 0.795. The van der Waals surface area contributed by atoms with Gasteiger partial charge in [0.05, 0.1) is 6.07 Å². The molecule has 15 heavy (non-hydrogen) atoms. The van der Waals surface area contributed by atoms with E-state index in [2.05, 4.69) is 15.6 Å². The van der Waals surface area contributed by atoms with E-state index in [1.807, 2.05) is 20.0 Å². The molecule has 0 aliphatic heterocycles. The fourth-order valence-corrected chi connectivity index (χ4v) is 1.52. The van der Waals surface area contributed by atoms with Crippen molar-refractivity contribution in [2.24, 2.45) is 5.73 Å². The highest BCUT2D eigenvalue weighted by molar-refractivity contribution is 5.03. The van der Waals surface area contributed by atoms with Gasteiger partial charge in [-0.1, -0.05) is 6.92 Å². The second kappa shape index (κ2) is 4.94. The van der Waals surface area contributed by atoms with Gasteiger partial charge in [0, 0.05) is 18.9 Å². The number of hydrogen-bond acceptors (Lipinski definition) is 3. The van der Waals surface area contributed by atoms with Crippen molar-refractivity contribution in [2.75, 3.05) is 0 Å². The SMILES string of the molecule is CCC(N)(C#N)CCCn1ccnc1C. The van der Waals surface area contributed by atoms with E-state index in [0.717, 1.165) is 25.2 Å². The standard InChI is InChI=1S/C11H18N4/c1-3-11(13,9-12)5-4-7-15-8-6-14-10(15)2/h6,8H,3-5,7,13H2,1-2H3. The van der Waals surface area contributed by atoms with Gasteiger partial charge in [-0.15, -0.1) is 0 Å². The first-order valence-corrected chi connectivity index (χ1v) is 5.29. The summed E-state index contributed by atoms with van der Waals surface area (Å²) >= 11 is 0. The van der Waals surface area contributed by atoms with Gasteiger partial charge in [-0.25, -0.2) is 4.98 Å². The van der Waals surface area contributed by atoms with E-state index in [-0.39, 0.29) is 0 Å². The molecule has 0 aliphatic carbocycles. The zero-order valence-electron chi connectivity index (χ0n) is 9.40. The molecule has 0 aliphatic rings. The second-order valence-electron chi connectivity index (χ2n) is 3.89. The Morgan fingerprint density at radius 2 is 2.40 bits per heavy atom. The van der Waals surface area contributed by atoms with Gasteiger partial charge < -0.3 is 10.3 Å². The summed E-state index contributed by atoms with van der Waals surface area (Å²) in [6.07, 6.45) is 6.08. The monoisotopic (exact) mass is 206 g/mol. The maximum Gasteiger partial charge on any atom is 0.105 e. The van der Waals surface area contributed by atoms with Gasteiger partial charge in [-0.05, 0) is 26.2 Å². The van der Waals surface area contributed by atoms with Crippen molar-refractivity contribution in [3.8, 4) is 6.07 Å². The zero-order chi connectivity index (χ0) is 11.3. The normalized spacial score (nSPS) is 14.5. The van der Waals surface area contributed by atoms with Crippen LogP contribution < -0.4 is 5.73 Å². The maximum atomic E-state index is 8.90. The van der Waals surface area contributed by atoms with E-state index in [9.17, 15) is 0 Å². The van der Waals surface area contributed by atoms with Gasteiger partial charge in [0.1, 0.15) is 11.4 Å². The highest BCUT2D eigenvalue weighted by atomic mass is 15.0. The summed E-state index contributed by atoms with van der Waals surface area (Å²) in [5, 5.41) is 8.90. The number of rotatable bonds is 5. The molecule has 0 radical (unpaired) electrons. The molecule has 1 atom stereocenters. The van der Waals surface area contributed by atoms with Crippen LogP contribution >= 0.6 is 0 Å². The number of nitrogens with zero attached hydrogens (tertiary/aromatic N) is 3. The minimum absolute atomic E-state index is 0.658. The molecule has 0 spiro atoms. The molecule has 82 valence electrons. The molecule has 1 aromatic heterocycles. The van der Waals surface area contributed by atoms with Crippen molar-refractivity contribution < 1.29 is 0 Å². The molecular formula is C11H18N4. The second-order valence-corrected chi connectivity index (χ2v) is 3.89. The van der Waals surface area contributed by atoms with Crippen LogP contribution in [0.1, 0.15) is 32.0 Å². The molecule has 0 aromatic carbocycles. The van der Waals surface area contributed by atoms with E-state index < -0.39 is 5.54 Å². The third-order valence-electron chi connectivity index (χ3n) is 2.80. The first-order valence-electron chi connectivity index (χ1n) is 5.29. The maximum absolute atomic E-state index is 8.90. The number of hydrogen-bond donors (Lipinski definition) is 1. The Labute approximate surface area is 90.7 Å². The van der Waals surface area contributed by atoms with Gasteiger partial charge in [0.2, 0.25) is 0 Å². The van der Waals surface area contributed by atoms with Crippen LogP contribution in [-0.4, -0.2) is 15.1 Å². The van der Waals surface area contributed by atoms with Crippen LogP contribution in [0.2, 0.25) is 0 Å². The molecule has 0 amide bonds. The predicted octanol–water partition coefficient (Wildman–Crippen LogP) is 1.60. The highest BCUT2D eigenvalue weighted by Gasteiger charge is 2.20. The Bertz CT molecular complexity index is 350. The van der Waals surface area contributed by atoms with Gasteiger partial charge in [0.25, 0.3) is 0 Å². The number of imidazole rings is 1. The van der Waals surface area contributed by atoms with Crippen molar-refractivity contribution >= 4 is 0 Å². The summed E-state index contributed by atoms with van der Waals surface area (Å²) in [7, 11) is 0. The Kier molecular flexibility index (Phi) is 3.87. The van der Waals surface area contributed by atoms with E-state index in [1.165, 1.54) is 0 Å². The first-order chi connectivity index (χ1) is 7.11. The minimum Gasteiger partial charge on any atom is -0.335 e. The summed E-state index contributed by atoms with van der Waals surface area (Å²) in [4.78, 5) is 4.14. The van der Waals surface area contributed by atoms with Crippen LogP contribution in [0.25, 0.3) is 0 Å². The predicted molar refractivity (Wildman–Crippen MR) is 59.0 cm³/mol. The Morgan fingerprint density at radius 3 is 2.87 bits per heavy atom. The lowest BCUT2D eigenvalue weighted by atomic mass is 9.93. The van der Waals surface area contributed by atoms with Gasteiger partial charge in [-0.2, -0.15) is 5.26 Å². The van der Waals surface area contributed by atoms with E-state index in [4.69, 9.17) is 11.0 Å². The molecule has 2 N–H and O–H groups in total. The molecule has 0 saturated heterocycles. The fraction of sp³-hybridized carbons (Fsp3) is 0.636. The zero-order valence-corrected chi connectivity index (χ0v) is 9.40. The average molecular weight is 206 g/mol. The van der Waals surface area contributed by atoms with Gasteiger partial charge in [-0.3, -0.25) is 0 Å². The largest absolute Gasteiger partial charge is 0.335 e. The summed E-state index contributed by atoms with van der Waals surface area (Å²) in [6.45, 7) is 4.80. The fourth-order valence-electron chi connectivity index (χ4n) is 1.52. The summed E-state index contributed by atoms with van der Waals surface area (Å²) in [5.74, 6) is 1.01. The molecule has 4 heteroatoms. The number of aryl methyl sites for hydroxylation is 2. The van der Waals surface area contributed by atoms with Crippen molar-refractivity contribution in [3.63, 3.8) is 0 Å². The average Bonchev–Trinajstić information content (AvgIpc) is 2.64. The lowest BCUT2D eigenvalue weighted by Crippen LogP contribution is -2.37. The summed E-state index contributed by atoms with van der Waals surface area (Å²) in [6, 6.07) is 2.18. The minimum atomic E-state index is -0.658. The Morgan fingerprint density at radius 1 is 1.67 bits per heavy atom. The number of aromatic nitrogens is 2. The molecule has 0 bridgehead atoms. The Hall–Kier alpha value is -1.34. The third-order valence-corrected chi connectivity index (χ3v) is 2.80. The van der Waals surface area contributed by atoms with Crippen LogP contribution in [0.15, 0.2) is 12.4 Å². The van der Waals surface area contributed by atoms with E-state index in [0.29, 0.717) is 6.42 Å². The molecule has 1 rings (SSSR count). The van der Waals surface area contributed by atoms with Crippen LogP contribution in [0.3, 0.4) is 0 Å². The lowest BCUT2D eigenvalue weighted by molar-refractivity contribution is 0.442. The highest BCUT2D eigenvalue weighted by Crippen LogP contribution is 2.13. The molecular weight excluding hydrogens is 188 g/mol. The van der Waals surface area contributed by atoms with Gasteiger partial charge >= 0.3 is 0 Å². The Balaban J connectivity index is 2.40. The van der Waals surface area contributed by atoms with E-state index in [1.54, 1.807) is 6.20 Å². The van der Waals surface area contributed by atoms with Crippen LogP contribution in [0.5, 0.6) is 0 Å². The molecule has 1 unspecified atom stereocenters. The van der Waals surface area contributed by atoms with Crippen LogP contribution in [0, 0.1) is 18.3 Å². The topological polar surface area (TPSA) is 67.6 Å². The van der Waals surface area contributed by atoms with Crippen molar-refractivity contribution in [3.05, 3.63) is 18.2 Å². The van der Waals surface area contributed by atoms with Gasteiger partial charge in [0.15, 0.2) is 0 Å². The van der Waals surface area contributed by atoms with E-state index >= 15 is 0 Å². The summed E-state index contributed by atoms with van der Waals surface area (Å²) < 4.78 is 2.08. The molecule has 1 aromatic rings. The molecule has 4 nitrogen and oxygen atoms in total. The summed E-state index contributed by atoms with van der Waals surface area (Å²) in [5.41, 5.74) is 5.23. The lowest BCUT2D eigenvalue weighted by Gasteiger charge is -2.19. The molecule has 1 heterocycles. The first kappa shape index (κ1) is 11.7. The van der Waals surface area contributed by atoms with Crippen molar-refractivity contribution in [1.29, 1.82) is 5.26 Å². The number of nitriles is 1.